The van der Waals surface area contributed by atoms with Gasteiger partial charge in [0.25, 0.3) is 5.91 Å². The molecule has 0 radical (unpaired) electrons. The van der Waals surface area contributed by atoms with E-state index >= 15 is 0 Å². The first kappa shape index (κ1) is 21.4. The Morgan fingerprint density at radius 2 is 1.77 bits per heavy atom. The first-order valence-electron chi connectivity index (χ1n) is 8.81. The lowest BCUT2D eigenvalue weighted by molar-refractivity contribution is -0.112. The molecule has 0 spiro atoms. The van der Waals surface area contributed by atoms with Gasteiger partial charge in [0.15, 0.2) is 0 Å². The highest BCUT2D eigenvalue weighted by Gasteiger charge is 2.13. The Kier molecular flexibility index (Phi) is 7.08. The van der Waals surface area contributed by atoms with Crippen molar-refractivity contribution in [3.05, 3.63) is 99.3 Å². The molecule has 0 unspecified atom stereocenters. The van der Waals surface area contributed by atoms with E-state index in [1.807, 2.05) is 6.07 Å². The number of nitrogens with one attached hydrogen (secondary N) is 1. The van der Waals surface area contributed by atoms with Crippen LogP contribution in [0.5, 0.6) is 5.75 Å². The van der Waals surface area contributed by atoms with Crippen LogP contribution in [0.25, 0.3) is 6.08 Å². The van der Waals surface area contributed by atoms with Gasteiger partial charge in [0.1, 0.15) is 29.8 Å². The van der Waals surface area contributed by atoms with Gasteiger partial charge in [-0.25, -0.2) is 4.39 Å². The van der Waals surface area contributed by atoms with Gasteiger partial charge in [0.2, 0.25) is 0 Å². The van der Waals surface area contributed by atoms with Gasteiger partial charge >= 0.3 is 0 Å². The number of rotatable bonds is 6. The molecule has 30 heavy (non-hydrogen) atoms. The zero-order valence-corrected chi connectivity index (χ0v) is 17.0. The lowest BCUT2D eigenvalue weighted by Gasteiger charge is -2.11. The summed E-state index contributed by atoms with van der Waals surface area (Å²) in [4.78, 5) is 12.5. The van der Waals surface area contributed by atoms with Crippen molar-refractivity contribution in [3.8, 4) is 11.8 Å². The number of anilines is 1. The minimum Gasteiger partial charge on any atom is -0.488 e. The smallest absolute Gasteiger partial charge is 0.266 e. The maximum absolute atomic E-state index is 13.8. The second-order valence-electron chi connectivity index (χ2n) is 6.19. The van der Waals surface area contributed by atoms with Crippen LogP contribution in [-0.4, -0.2) is 5.91 Å². The van der Waals surface area contributed by atoms with Crippen molar-refractivity contribution in [2.45, 2.75) is 6.61 Å². The van der Waals surface area contributed by atoms with Gasteiger partial charge in [-0.15, -0.1) is 0 Å². The molecule has 0 atom stereocenters. The summed E-state index contributed by atoms with van der Waals surface area (Å²) in [5.41, 5.74) is 1.14. The zero-order valence-electron chi connectivity index (χ0n) is 15.5. The molecule has 3 aromatic rings. The second kappa shape index (κ2) is 9.93. The fraction of sp³-hybridized carbons (Fsp3) is 0.0435. The molecule has 0 aliphatic carbocycles. The minimum absolute atomic E-state index is 0.0198. The molecule has 3 aromatic carbocycles. The zero-order chi connectivity index (χ0) is 21.5. The Bertz CT molecular complexity index is 1140. The minimum atomic E-state index is -0.597. The number of amides is 1. The van der Waals surface area contributed by atoms with Gasteiger partial charge in [0, 0.05) is 26.9 Å². The molecule has 0 saturated carbocycles. The number of hydrogen-bond acceptors (Lipinski definition) is 3. The van der Waals surface area contributed by atoms with Gasteiger partial charge in [-0.05, 0) is 54.6 Å². The number of nitrogens with zero attached hydrogens (tertiary/aromatic N) is 1. The maximum atomic E-state index is 13.8. The second-order valence-corrected chi connectivity index (χ2v) is 7.07. The summed E-state index contributed by atoms with van der Waals surface area (Å²) in [6.07, 6.45) is 1.37. The summed E-state index contributed by atoms with van der Waals surface area (Å²) in [5.74, 6) is -0.627. The van der Waals surface area contributed by atoms with Gasteiger partial charge in [-0.1, -0.05) is 41.4 Å². The van der Waals surface area contributed by atoms with Crippen LogP contribution in [-0.2, 0) is 11.4 Å². The van der Waals surface area contributed by atoms with Crippen molar-refractivity contribution in [2.75, 3.05) is 5.32 Å². The number of carbonyl (C=O) groups is 1. The van der Waals surface area contributed by atoms with Crippen LogP contribution < -0.4 is 10.1 Å². The molecule has 0 fully saturated rings. The fourth-order valence-corrected chi connectivity index (χ4v) is 2.88. The van der Waals surface area contributed by atoms with E-state index in [1.54, 1.807) is 60.7 Å². The summed E-state index contributed by atoms with van der Waals surface area (Å²) in [6, 6.07) is 19.4. The van der Waals surface area contributed by atoms with Crippen LogP contribution in [0, 0.1) is 17.1 Å². The Morgan fingerprint density at radius 3 is 2.47 bits per heavy atom. The van der Waals surface area contributed by atoms with Crippen LogP contribution in [0.4, 0.5) is 10.1 Å². The lowest BCUT2D eigenvalue weighted by Crippen LogP contribution is -2.13. The van der Waals surface area contributed by atoms with Crippen LogP contribution in [0.2, 0.25) is 10.0 Å². The quantitative estimate of drug-likeness (QED) is 0.363. The molecule has 150 valence electrons. The van der Waals surface area contributed by atoms with E-state index in [4.69, 9.17) is 27.9 Å². The average Bonchev–Trinajstić information content (AvgIpc) is 2.74. The summed E-state index contributed by atoms with van der Waals surface area (Å²) in [5, 5.41) is 13.0. The van der Waals surface area contributed by atoms with Crippen LogP contribution >= 0.6 is 23.2 Å². The van der Waals surface area contributed by atoms with Crippen LogP contribution in [0.3, 0.4) is 0 Å². The molecule has 0 heterocycles. The average molecular weight is 441 g/mol. The van der Waals surface area contributed by atoms with Crippen LogP contribution in [0.1, 0.15) is 11.1 Å². The topological polar surface area (TPSA) is 62.1 Å². The molecule has 0 saturated heterocycles. The lowest BCUT2D eigenvalue weighted by atomic mass is 10.1. The van der Waals surface area contributed by atoms with E-state index < -0.39 is 5.91 Å². The summed E-state index contributed by atoms with van der Waals surface area (Å²) in [6.45, 7) is -0.0198. The number of benzene rings is 3. The van der Waals surface area contributed by atoms with Crippen molar-refractivity contribution < 1.29 is 13.9 Å². The summed E-state index contributed by atoms with van der Waals surface area (Å²) in [7, 11) is 0. The Balaban J connectivity index is 1.83. The van der Waals surface area contributed by atoms with Gasteiger partial charge in [-0.2, -0.15) is 5.26 Å². The van der Waals surface area contributed by atoms with Gasteiger partial charge in [0.05, 0.1) is 0 Å². The van der Waals surface area contributed by atoms with E-state index in [9.17, 15) is 14.4 Å². The number of nitriles is 1. The van der Waals surface area contributed by atoms with Crippen LogP contribution in [0.15, 0.2) is 72.3 Å². The molecule has 0 aromatic heterocycles. The summed E-state index contributed by atoms with van der Waals surface area (Å²) < 4.78 is 19.6. The van der Waals surface area contributed by atoms with E-state index in [-0.39, 0.29) is 18.0 Å². The predicted octanol–water partition coefficient (Wildman–Crippen LogP) is 6.26. The fourth-order valence-electron chi connectivity index (χ4n) is 2.57. The SMILES string of the molecule is N#C/C(=C\c1cc(Cl)ccc1OCc1ccccc1F)C(=O)Nc1ccc(Cl)cc1. The van der Waals surface area contributed by atoms with Gasteiger partial charge < -0.3 is 10.1 Å². The van der Waals surface area contributed by atoms with Gasteiger partial charge in [-0.3, -0.25) is 4.79 Å². The highest BCUT2D eigenvalue weighted by atomic mass is 35.5. The van der Waals surface area contributed by atoms with E-state index in [2.05, 4.69) is 5.32 Å². The number of hydrogen-bond donors (Lipinski definition) is 1. The number of ether oxygens (including phenoxy) is 1. The molecular formula is C23H15Cl2FN2O2. The maximum Gasteiger partial charge on any atom is 0.266 e. The highest BCUT2D eigenvalue weighted by Crippen LogP contribution is 2.27. The Hall–Kier alpha value is -3.33. The molecule has 4 nitrogen and oxygen atoms in total. The molecular weight excluding hydrogens is 426 g/mol. The van der Waals surface area contributed by atoms with E-state index in [0.717, 1.165) is 0 Å². The van der Waals surface area contributed by atoms with Crippen molar-refractivity contribution in [2.24, 2.45) is 0 Å². The van der Waals surface area contributed by atoms with Crippen molar-refractivity contribution >= 4 is 40.9 Å². The monoisotopic (exact) mass is 440 g/mol. The summed E-state index contributed by atoms with van der Waals surface area (Å²) >= 11 is 11.9. The first-order valence-corrected chi connectivity index (χ1v) is 9.56. The van der Waals surface area contributed by atoms with E-state index in [1.165, 1.54) is 12.1 Å². The third-order valence-electron chi connectivity index (χ3n) is 4.08. The third-order valence-corrected chi connectivity index (χ3v) is 4.57. The Labute approximate surface area is 183 Å². The standard InChI is InChI=1S/C23H15Cl2FN2O2/c24-18-5-8-20(9-6-18)28-23(29)17(13-27)11-16-12-19(25)7-10-22(16)30-14-15-3-1-2-4-21(15)26/h1-12H,14H2,(H,28,29)/b17-11+. The largest absolute Gasteiger partial charge is 0.488 e. The van der Waals surface area contributed by atoms with Crippen molar-refractivity contribution in [3.63, 3.8) is 0 Å². The Morgan fingerprint density at radius 1 is 1.07 bits per heavy atom. The van der Waals surface area contributed by atoms with Crippen molar-refractivity contribution in [1.29, 1.82) is 5.26 Å². The molecule has 1 amide bonds. The molecule has 1 N–H and O–H groups in total. The predicted molar refractivity (Wildman–Crippen MR) is 116 cm³/mol. The first-order chi connectivity index (χ1) is 14.5. The normalized spacial score (nSPS) is 10.9. The molecule has 3 rings (SSSR count). The number of carbonyl (C=O) groups excluding carboxylic acids is 1. The highest BCUT2D eigenvalue weighted by molar-refractivity contribution is 6.31. The molecule has 7 heteroatoms. The number of halogens is 3. The van der Waals surface area contributed by atoms with Crippen molar-refractivity contribution in [1.82, 2.24) is 0 Å². The third kappa shape index (κ3) is 5.60. The molecule has 0 aliphatic heterocycles. The molecule has 0 aliphatic rings. The van der Waals surface area contributed by atoms with E-state index in [0.29, 0.717) is 32.6 Å². The molecule has 0 bridgehead atoms.